The molecule has 0 heterocycles. The van der Waals surface area contributed by atoms with Crippen LogP contribution in [0.2, 0.25) is 0 Å². The molecule has 9 heteroatoms. The number of para-hydroxylation sites is 3. The molecule has 10 aromatic carbocycles. The van der Waals surface area contributed by atoms with E-state index in [9.17, 15) is 0 Å². The predicted octanol–water partition coefficient (Wildman–Crippen LogP) is 17.1. The van der Waals surface area contributed by atoms with Crippen molar-refractivity contribution >= 4 is 51.2 Å². The van der Waals surface area contributed by atoms with Crippen LogP contribution in [0.5, 0.6) is 34.5 Å². The minimum absolute atomic E-state index is 0.739. The third-order valence-corrected chi connectivity index (χ3v) is 13.2. The van der Waals surface area contributed by atoms with Crippen LogP contribution in [0.1, 0.15) is 0 Å². The van der Waals surface area contributed by atoms with Crippen LogP contribution >= 0.6 is 0 Å². The summed E-state index contributed by atoms with van der Waals surface area (Å²) in [5, 5.41) is 0. The van der Waals surface area contributed by atoms with Gasteiger partial charge in [0.25, 0.3) is 0 Å². The lowest BCUT2D eigenvalue weighted by atomic mass is 9.90. The van der Waals surface area contributed by atoms with Gasteiger partial charge in [-0.05, 0) is 126 Å². The molecule has 0 atom stereocenters. The second kappa shape index (κ2) is 22.4. The molecule has 0 fully saturated rings. The molecule has 0 amide bonds. The van der Waals surface area contributed by atoms with Crippen LogP contribution < -0.4 is 43.1 Å². The van der Waals surface area contributed by atoms with Crippen molar-refractivity contribution in [3.63, 3.8) is 0 Å². The summed E-state index contributed by atoms with van der Waals surface area (Å²) < 4.78 is 34.9. The summed E-state index contributed by atoms with van der Waals surface area (Å²) in [6.07, 6.45) is 0. The highest BCUT2D eigenvalue weighted by molar-refractivity contribution is 5.97. The first-order valence-electron chi connectivity index (χ1n) is 24.6. The molecule has 0 saturated heterocycles. The van der Waals surface area contributed by atoms with Crippen LogP contribution in [0.3, 0.4) is 0 Å². The Morgan fingerprint density at radius 2 is 0.413 bits per heavy atom. The Labute approximate surface area is 439 Å². The number of nitrogens with zero attached hydrogens (tertiary/aromatic N) is 3. The summed E-state index contributed by atoms with van der Waals surface area (Å²) in [7, 11) is 10.2. The molecule has 0 aliphatic heterocycles. The van der Waals surface area contributed by atoms with Crippen molar-refractivity contribution in [1.29, 1.82) is 0 Å². The second-order valence-corrected chi connectivity index (χ2v) is 17.6. The Kier molecular flexibility index (Phi) is 14.7. The van der Waals surface area contributed by atoms with Gasteiger partial charge in [0.2, 0.25) is 0 Å². The fraction of sp³-hybridized carbons (Fsp3) is 0.0909. The van der Waals surface area contributed by atoms with Crippen LogP contribution in [0.25, 0.3) is 33.4 Å². The zero-order valence-corrected chi connectivity index (χ0v) is 42.8. The summed E-state index contributed by atoms with van der Waals surface area (Å²) in [5.74, 6) is 4.44. The summed E-state index contributed by atoms with van der Waals surface area (Å²) in [4.78, 5) is 6.78. The highest BCUT2D eigenvalue weighted by Crippen LogP contribution is 2.49. The number of ether oxygens (including phenoxy) is 6. The van der Waals surface area contributed by atoms with Gasteiger partial charge < -0.3 is 43.1 Å². The number of anilines is 9. The van der Waals surface area contributed by atoms with Crippen molar-refractivity contribution in [3.05, 3.63) is 237 Å². The second-order valence-electron chi connectivity index (χ2n) is 17.6. The minimum Gasteiger partial charge on any atom is -0.497 e. The molecule has 0 unspecified atom stereocenters. The van der Waals surface area contributed by atoms with Crippen LogP contribution in [-0.4, -0.2) is 42.7 Å². The predicted molar refractivity (Wildman–Crippen MR) is 306 cm³/mol. The van der Waals surface area contributed by atoms with Crippen molar-refractivity contribution in [3.8, 4) is 67.9 Å². The zero-order valence-electron chi connectivity index (χ0n) is 42.8. The lowest BCUT2D eigenvalue weighted by Crippen LogP contribution is -2.12. The number of rotatable bonds is 18. The van der Waals surface area contributed by atoms with Crippen molar-refractivity contribution in [2.24, 2.45) is 0 Å². The molecule has 0 N–H and O–H groups in total. The molecule has 0 spiro atoms. The standard InChI is InChI=1S/C66H57N3O6/c1-70-55-25-13-19-49(40-55)67(50-20-14-26-56(41-50)71-2)64-34-10-7-31-61(64)46-37-47(62-32-8-11-35-65(62)68(51-21-15-27-57(42-51)72-3)52-22-16-28-58(43-52)73-4)39-48(38-46)63-33-9-12-36-66(63)69(53-23-17-29-59(44-53)74-5)54-24-18-30-60(45-54)75-6/h7-45H,1-6H3. The maximum atomic E-state index is 5.82. The molecule has 0 bridgehead atoms. The molecule has 372 valence electrons. The fourth-order valence-electron chi connectivity index (χ4n) is 9.61. The van der Waals surface area contributed by atoms with Crippen molar-refractivity contribution in [2.45, 2.75) is 0 Å². The van der Waals surface area contributed by atoms with Gasteiger partial charge in [-0.2, -0.15) is 0 Å². The molecule has 0 radical (unpaired) electrons. The highest BCUT2D eigenvalue weighted by Gasteiger charge is 2.24. The summed E-state index contributed by atoms with van der Waals surface area (Å²) in [6.45, 7) is 0. The summed E-state index contributed by atoms with van der Waals surface area (Å²) in [5.41, 5.74) is 14.3. The number of hydrogen-bond acceptors (Lipinski definition) is 9. The summed E-state index contributed by atoms with van der Waals surface area (Å²) >= 11 is 0. The molecule has 10 aromatic rings. The lowest BCUT2D eigenvalue weighted by Gasteiger charge is -2.30. The summed E-state index contributed by atoms with van der Waals surface area (Å²) in [6, 6.07) is 81.4. The van der Waals surface area contributed by atoms with E-state index in [4.69, 9.17) is 28.4 Å². The van der Waals surface area contributed by atoms with E-state index in [0.717, 1.165) is 119 Å². The Morgan fingerprint density at radius 3 is 0.613 bits per heavy atom. The van der Waals surface area contributed by atoms with Gasteiger partial charge in [-0.3, -0.25) is 0 Å². The van der Waals surface area contributed by atoms with E-state index in [0.29, 0.717) is 0 Å². The van der Waals surface area contributed by atoms with E-state index < -0.39 is 0 Å². The van der Waals surface area contributed by atoms with Gasteiger partial charge in [0.1, 0.15) is 34.5 Å². The average Bonchev–Trinajstić information content (AvgIpc) is 3.48. The van der Waals surface area contributed by atoms with Gasteiger partial charge >= 0.3 is 0 Å². The molecule has 0 aliphatic rings. The fourth-order valence-corrected chi connectivity index (χ4v) is 9.61. The first kappa shape index (κ1) is 49.0. The van der Waals surface area contributed by atoms with Gasteiger partial charge in [0, 0.05) is 87.2 Å². The molecular formula is C66H57N3O6. The quantitative estimate of drug-likeness (QED) is 0.0836. The number of methoxy groups -OCH3 is 6. The maximum absolute atomic E-state index is 5.82. The maximum Gasteiger partial charge on any atom is 0.120 e. The Morgan fingerprint density at radius 1 is 0.213 bits per heavy atom. The van der Waals surface area contributed by atoms with Crippen molar-refractivity contribution in [1.82, 2.24) is 0 Å². The molecule has 10 rings (SSSR count). The third kappa shape index (κ3) is 10.4. The lowest BCUT2D eigenvalue weighted by molar-refractivity contribution is 0.414. The van der Waals surface area contributed by atoms with Crippen LogP contribution in [0.4, 0.5) is 51.2 Å². The minimum atomic E-state index is 0.739. The zero-order chi connectivity index (χ0) is 51.7. The first-order valence-corrected chi connectivity index (χ1v) is 24.6. The van der Waals surface area contributed by atoms with Crippen LogP contribution in [0.15, 0.2) is 237 Å². The Hall–Kier alpha value is -9.60. The SMILES string of the molecule is COc1cccc(N(c2cccc(OC)c2)c2ccccc2-c2cc(-c3ccccc3N(c3cccc(OC)c3)c3cccc(OC)c3)cc(-c3ccccc3N(c3cccc(OC)c3)c3cccc(OC)c3)c2)c1. The van der Waals surface area contributed by atoms with E-state index >= 15 is 0 Å². The largest absolute Gasteiger partial charge is 0.497 e. The topological polar surface area (TPSA) is 65.1 Å². The van der Waals surface area contributed by atoms with Gasteiger partial charge in [-0.15, -0.1) is 0 Å². The molecule has 0 aliphatic carbocycles. The van der Waals surface area contributed by atoms with Gasteiger partial charge in [0.15, 0.2) is 0 Å². The third-order valence-electron chi connectivity index (χ3n) is 13.2. The Balaban J connectivity index is 1.27. The molecule has 0 aromatic heterocycles. The van der Waals surface area contributed by atoms with Crippen LogP contribution in [-0.2, 0) is 0 Å². The van der Waals surface area contributed by atoms with E-state index in [-0.39, 0.29) is 0 Å². The number of benzene rings is 10. The smallest absolute Gasteiger partial charge is 0.120 e. The van der Waals surface area contributed by atoms with Gasteiger partial charge in [-0.25, -0.2) is 0 Å². The van der Waals surface area contributed by atoms with E-state index in [1.165, 1.54) is 0 Å². The van der Waals surface area contributed by atoms with Crippen molar-refractivity contribution in [2.75, 3.05) is 57.4 Å². The Bertz CT molecular complexity index is 3070. The normalized spacial score (nSPS) is 10.8. The first-order chi connectivity index (χ1) is 36.9. The molecular weight excluding hydrogens is 931 g/mol. The molecule has 9 nitrogen and oxygen atoms in total. The van der Waals surface area contributed by atoms with Gasteiger partial charge in [-0.1, -0.05) is 91.0 Å². The van der Waals surface area contributed by atoms with E-state index in [1.54, 1.807) is 42.7 Å². The molecule has 0 saturated carbocycles. The number of hydrogen-bond donors (Lipinski definition) is 0. The molecule has 75 heavy (non-hydrogen) atoms. The van der Waals surface area contributed by atoms with Crippen LogP contribution in [0, 0.1) is 0 Å². The highest BCUT2D eigenvalue weighted by atomic mass is 16.5. The average molecular weight is 988 g/mol. The van der Waals surface area contributed by atoms with E-state index in [1.807, 2.05) is 72.8 Å². The van der Waals surface area contributed by atoms with Gasteiger partial charge in [0.05, 0.1) is 59.7 Å². The monoisotopic (exact) mass is 987 g/mol. The van der Waals surface area contributed by atoms with E-state index in [2.05, 4.69) is 178 Å². The van der Waals surface area contributed by atoms with Crippen molar-refractivity contribution < 1.29 is 28.4 Å².